The number of hydrogen-bond donors (Lipinski definition) is 0. The third-order valence-corrected chi connectivity index (χ3v) is 6.21. The molecule has 0 saturated carbocycles. The summed E-state index contributed by atoms with van der Waals surface area (Å²) in [5, 5.41) is -1.01. The Hall–Kier alpha value is -3.16. The SMILES string of the molecule is CCS(=O)(=O)c1c(-c2nc3cnccn3c2C(F)(F)F)nc2cccc(C(F)(F)F)n12. The molecule has 0 aliphatic rings. The van der Waals surface area contributed by atoms with E-state index in [4.69, 9.17) is 0 Å². The van der Waals surface area contributed by atoms with Crippen molar-refractivity contribution in [2.45, 2.75) is 24.3 Å². The lowest BCUT2D eigenvalue weighted by Crippen LogP contribution is -2.17. The molecule has 0 bridgehead atoms. The molecule has 0 aromatic carbocycles. The van der Waals surface area contributed by atoms with Gasteiger partial charge in [-0.15, -0.1) is 0 Å². The van der Waals surface area contributed by atoms with E-state index in [1.807, 2.05) is 0 Å². The Morgan fingerprint density at radius 3 is 2.26 bits per heavy atom. The molecular formula is C17H11F6N5O2S. The van der Waals surface area contributed by atoms with Gasteiger partial charge in [-0.3, -0.25) is 13.8 Å². The number of aromatic nitrogens is 5. The van der Waals surface area contributed by atoms with Crippen LogP contribution in [0.1, 0.15) is 18.3 Å². The summed E-state index contributed by atoms with van der Waals surface area (Å²) in [7, 11) is -4.47. The van der Waals surface area contributed by atoms with Gasteiger partial charge in [-0.25, -0.2) is 18.4 Å². The van der Waals surface area contributed by atoms with Crippen molar-refractivity contribution in [3.63, 3.8) is 0 Å². The first kappa shape index (κ1) is 21.1. The van der Waals surface area contributed by atoms with Crippen molar-refractivity contribution in [3.05, 3.63) is 48.2 Å². The molecular weight excluding hydrogens is 452 g/mol. The number of sulfone groups is 1. The molecule has 4 aromatic rings. The van der Waals surface area contributed by atoms with Crippen molar-refractivity contribution in [1.29, 1.82) is 0 Å². The Labute approximate surface area is 169 Å². The molecule has 0 fully saturated rings. The summed E-state index contributed by atoms with van der Waals surface area (Å²) < 4.78 is 109. The maximum absolute atomic E-state index is 13.9. The number of imidazole rings is 2. The molecule has 14 heteroatoms. The van der Waals surface area contributed by atoms with E-state index in [1.165, 1.54) is 0 Å². The van der Waals surface area contributed by atoms with E-state index < -0.39 is 61.4 Å². The van der Waals surface area contributed by atoms with Gasteiger partial charge >= 0.3 is 12.4 Å². The molecule has 0 unspecified atom stereocenters. The number of fused-ring (bicyclic) bond motifs is 2. The molecule has 0 amide bonds. The van der Waals surface area contributed by atoms with E-state index in [1.54, 1.807) is 0 Å². The van der Waals surface area contributed by atoms with Crippen LogP contribution >= 0.6 is 0 Å². The number of hydrogen-bond acceptors (Lipinski definition) is 5. The molecule has 4 heterocycles. The summed E-state index contributed by atoms with van der Waals surface area (Å²) in [6, 6.07) is 2.67. The molecule has 7 nitrogen and oxygen atoms in total. The lowest BCUT2D eigenvalue weighted by Gasteiger charge is -2.12. The van der Waals surface area contributed by atoms with Crippen LogP contribution in [-0.4, -0.2) is 37.9 Å². The summed E-state index contributed by atoms with van der Waals surface area (Å²) in [5.41, 5.74) is -5.28. The number of alkyl halides is 6. The zero-order valence-electron chi connectivity index (χ0n) is 15.4. The van der Waals surface area contributed by atoms with E-state index in [0.29, 0.717) is 14.9 Å². The van der Waals surface area contributed by atoms with Gasteiger partial charge < -0.3 is 0 Å². The zero-order chi connectivity index (χ0) is 22.8. The average molecular weight is 463 g/mol. The van der Waals surface area contributed by atoms with Crippen LogP contribution in [0, 0.1) is 0 Å². The highest BCUT2D eigenvalue weighted by molar-refractivity contribution is 7.91. The average Bonchev–Trinajstić information content (AvgIpc) is 3.25. The van der Waals surface area contributed by atoms with Crippen LogP contribution < -0.4 is 0 Å². The maximum Gasteiger partial charge on any atom is 0.434 e. The summed E-state index contributed by atoms with van der Waals surface area (Å²) in [4.78, 5) is 11.3. The van der Waals surface area contributed by atoms with Crippen LogP contribution in [0.4, 0.5) is 26.3 Å². The number of nitrogens with zero attached hydrogens (tertiary/aromatic N) is 5. The van der Waals surface area contributed by atoms with Gasteiger partial charge in [0.2, 0.25) is 0 Å². The summed E-state index contributed by atoms with van der Waals surface area (Å²) in [6.45, 7) is 1.16. The summed E-state index contributed by atoms with van der Waals surface area (Å²) in [5.74, 6) is -0.670. The topological polar surface area (TPSA) is 81.6 Å². The van der Waals surface area contributed by atoms with Crippen molar-refractivity contribution in [3.8, 4) is 11.4 Å². The van der Waals surface area contributed by atoms with Gasteiger partial charge in [-0.05, 0) is 12.1 Å². The molecule has 0 aliphatic carbocycles. The Kier molecular flexibility index (Phi) is 4.54. The third-order valence-electron chi connectivity index (χ3n) is 4.49. The van der Waals surface area contributed by atoms with Crippen molar-refractivity contribution in [2.75, 3.05) is 5.75 Å². The van der Waals surface area contributed by atoms with Crippen LogP contribution in [0.15, 0.2) is 41.8 Å². The predicted octanol–water partition coefficient (Wildman–Crippen LogP) is 3.88. The van der Waals surface area contributed by atoms with Gasteiger partial charge in [0.25, 0.3) is 0 Å². The molecule has 0 N–H and O–H groups in total. The Balaban J connectivity index is 2.23. The molecule has 4 rings (SSSR count). The lowest BCUT2D eigenvalue weighted by atomic mass is 10.2. The fraction of sp³-hybridized carbons (Fsp3) is 0.235. The molecule has 0 atom stereocenters. The minimum atomic E-state index is -5.02. The standard InChI is InChI=1S/C17H11F6N5O2S/c1-2-31(29,30)15-13(25-10-5-3-4-9(28(10)15)16(18,19)20)12-14(17(21,22)23)27-7-6-24-8-11(27)26-12/h3-8H,2H2,1H3. The number of halogens is 6. The van der Waals surface area contributed by atoms with Gasteiger partial charge in [-0.2, -0.15) is 26.3 Å². The highest BCUT2D eigenvalue weighted by Gasteiger charge is 2.43. The first-order valence-electron chi connectivity index (χ1n) is 8.57. The highest BCUT2D eigenvalue weighted by Crippen LogP contribution is 2.41. The van der Waals surface area contributed by atoms with Gasteiger partial charge in [0, 0.05) is 12.4 Å². The van der Waals surface area contributed by atoms with Crippen LogP contribution in [0.3, 0.4) is 0 Å². The first-order chi connectivity index (χ1) is 14.4. The van der Waals surface area contributed by atoms with Crippen LogP contribution in [0.5, 0.6) is 0 Å². The van der Waals surface area contributed by atoms with Crippen molar-refractivity contribution < 1.29 is 34.8 Å². The molecule has 4 aromatic heterocycles. The summed E-state index contributed by atoms with van der Waals surface area (Å²) >= 11 is 0. The van der Waals surface area contributed by atoms with Crippen molar-refractivity contribution >= 4 is 21.1 Å². The normalized spacial score (nSPS) is 13.4. The quantitative estimate of drug-likeness (QED) is 0.431. The van der Waals surface area contributed by atoms with Gasteiger partial charge in [0.15, 0.2) is 26.2 Å². The minimum Gasteiger partial charge on any atom is -0.292 e. The van der Waals surface area contributed by atoms with Gasteiger partial charge in [0.1, 0.15) is 22.7 Å². The van der Waals surface area contributed by atoms with Crippen LogP contribution in [0.2, 0.25) is 0 Å². The Morgan fingerprint density at radius 1 is 0.968 bits per heavy atom. The van der Waals surface area contributed by atoms with E-state index in [2.05, 4.69) is 15.0 Å². The second kappa shape index (κ2) is 6.67. The lowest BCUT2D eigenvalue weighted by molar-refractivity contribution is -0.143. The van der Waals surface area contributed by atoms with Crippen molar-refractivity contribution in [1.82, 2.24) is 23.8 Å². The molecule has 0 spiro atoms. The molecule has 164 valence electrons. The number of rotatable bonds is 3. The Morgan fingerprint density at radius 2 is 1.65 bits per heavy atom. The first-order valence-corrected chi connectivity index (χ1v) is 10.2. The zero-order valence-corrected chi connectivity index (χ0v) is 16.2. The van der Waals surface area contributed by atoms with E-state index in [0.717, 1.165) is 37.6 Å². The minimum absolute atomic E-state index is 0.280. The second-order valence-corrected chi connectivity index (χ2v) is 8.58. The fourth-order valence-electron chi connectivity index (χ4n) is 3.21. The van der Waals surface area contributed by atoms with Crippen LogP contribution in [0.25, 0.3) is 22.7 Å². The van der Waals surface area contributed by atoms with E-state index in [-0.39, 0.29) is 5.65 Å². The molecule has 31 heavy (non-hydrogen) atoms. The van der Waals surface area contributed by atoms with Gasteiger partial charge in [0.05, 0.1) is 11.9 Å². The van der Waals surface area contributed by atoms with E-state index in [9.17, 15) is 34.8 Å². The predicted molar refractivity (Wildman–Crippen MR) is 94.9 cm³/mol. The largest absolute Gasteiger partial charge is 0.434 e. The fourth-order valence-corrected chi connectivity index (χ4v) is 4.39. The van der Waals surface area contributed by atoms with E-state index >= 15 is 0 Å². The molecule has 0 saturated heterocycles. The van der Waals surface area contributed by atoms with Crippen LogP contribution in [-0.2, 0) is 22.2 Å². The number of pyridine rings is 1. The van der Waals surface area contributed by atoms with Gasteiger partial charge in [-0.1, -0.05) is 13.0 Å². The van der Waals surface area contributed by atoms with Crippen molar-refractivity contribution in [2.24, 2.45) is 0 Å². The smallest absolute Gasteiger partial charge is 0.292 e. The molecule has 0 aliphatic heterocycles. The summed E-state index contributed by atoms with van der Waals surface area (Å²) in [6.07, 6.45) is -7.00. The molecule has 0 radical (unpaired) electrons. The monoisotopic (exact) mass is 463 g/mol. The highest BCUT2D eigenvalue weighted by atomic mass is 32.2. The maximum atomic E-state index is 13.9. The third kappa shape index (κ3) is 3.30. The second-order valence-electron chi connectivity index (χ2n) is 6.38. The Bertz CT molecular complexity index is 1420.